The lowest BCUT2D eigenvalue weighted by Gasteiger charge is -2.12. The van der Waals surface area contributed by atoms with Crippen LogP contribution < -0.4 is 0 Å². The molecule has 0 rings (SSSR count). The van der Waals surface area contributed by atoms with Gasteiger partial charge in [0.1, 0.15) is 9.76 Å². The first kappa shape index (κ1) is 12.4. The Balaban J connectivity index is 3.25. The largest absolute Gasteiger partial charge is 0.444 e. The third kappa shape index (κ3) is 8.45. The molecule has 0 aromatic carbocycles. The van der Waals surface area contributed by atoms with Gasteiger partial charge >= 0.3 is 9.28 Å². The molecule has 74 valence electrons. The van der Waals surface area contributed by atoms with Gasteiger partial charge in [0.25, 0.3) is 0 Å². The van der Waals surface area contributed by atoms with Crippen LogP contribution in [0, 0.1) is 11.8 Å². The lowest BCUT2D eigenvalue weighted by Crippen LogP contribution is -2.22. The average molecular weight is 206 g/mol. The monoisotopic (exact) mass is 206 g/mol. The molecular formula is C8H22O2Si2. The minimum Gasteiger partial charge on any atom is -0.444 e. The summed E-state index contributed by atoms with van der Waals surface area (Å²) in [4.78, 5) is 9.48. The van der Waals surface area contributed by atoms with Crippen molar-refractivity contribution in [3.05, 3.63) is 0 Å². The molecular weight excluding hydrogens is 184 g/mol. The lowest BCUT2D eigenvalue weighted by atomic mass is 10.3. The fourth-order valence-electron chi connectivity index (χ4n) is 0.911. The molecule has 0 amide bonds. The maximum Gasteiger partial charge on any atom is 0.308 e. The summed E-state index contributed by atoms with van der Waals surface area (Å²) in [5.74, 6) is 1.32. The molecule has 4 heteroatoms. The first-order valence-electron chi connectivity index (χ1n) is 4.82. The maximum atomic E-state index is 9.48. The van der Waals surface area contributed by atoms with E-state index in [0.717, 1.165) is 12.0 Å². The van der Waals surface area contributed by atoms with E-state index in [1.165, 1.54) is 6.04 Å². The molecule has 0 aromatic rings. The molecule has 12 heavy (non-hydrogen) atoms. The maximum absolute atomic E-state index is 9.48. The van der Waals surface area contributed by atoms with Crippen LogP contribution in [0.25, 0.3) is 0 Å². The Labute approximate surface area is 80.1 Å². The summed E-state index contributed by atoms with van der Waals surface area (Å²) < 4.78 is 5.50. The molecule has 0 saturated heterocycles. The molecule has 0 saturated carbocycles. The lowest BCUT2D eigenvalue weighted by molar-refractivity contribution is 0.411. The average Bonchev–Trinajstić information content (AvgIpc) is 1.84. The van der Waals surface area contributed by atoms with E-state index < -0.39 is 19.0 Å². The third-order valence-electron chi connectivity index (χ3n) is 1.68. The highest BCUT2D eigenvalue weighted by atomic mass is 28.4. The normalized spacial score (nSPS) is 15.2. The van der Waals surface area contributed by atoms with Crippen molar-refractivity contribution in [3.63, 3.8) is 0 Å². The van der Waals surface area contributed by atoms with Crippen molar-refractivity contribution in [2.24, 2.45) is 11.8 Å². The summed E-state index contributed by atoms with van der Waals surface area (Å²) in [6, 6.07) is 2.10. The summed E-state index contributed by atoms with van der Waals surface area (Å²) in [7, 11) is -2.17. The minimum atomic E-state index is -1.76. The fraction of sp³-hybridized carbons (Fsp3) is 1.00. The quantitative estimate of drug-likeness (QED) is 0.658. The predicted molar refractivity (Wildman–Crippen MR) is 58.3 cm³/mol. The highest BCUT2D eigenvalue weighted by Gasteiger charge is 2.10. The molecule has 0 heterocycles. The van der Waals surface area contributed by atoms with Crippen molar-refractivity contribution >= 4 is 19.0 Å². The number of rotatable bonds is 6. The van der Waals surface area contributed by atoms with Gasteiger partial charge in [-0.25, -0.2) is 0 Å². The summed E-state index contributed by atoms with van der Waals surface area (Å²) in [5, 5.41) is 0. The molecule has 1 N–H and O–H groups in total. The smallest absolute Gasteiger partial charge is 0.308 e. The van der Waals surface area contributed by atoms with Gasteiger partial charge in [-0.15, -0.1) is 0 Å². The number of hydrogen-bond acceptors (Lipinski definition) is 2. The van der Waals surface area contributed by atoms with Crippen molar-refractivity contribution < 1.29 is 8.91 Å². The second-order valence-corrected chi connectivity index (χ2v) is 7.84. The van der Waals surface area contributed by atoms with Gasteiger partial charge in [0.2, 0.25) is 0 Å². The third-order valence-corrected chi connectivity index (χ3v) is 6.90. The fourth-order valence-corrected chi connectivity index (χ4v) is 4.37. The summed E-state index contributed by atoms with van der Waals surface area (Å²) in [6.45, 7) is 8.66. The van der Waals surface area contributed by atoms with Gasteiger partial charge in [-0.05, 0) is 23.9 Å². The standard InChI is InChI=1S/C8H22O2Si2/c1-7(2)5-11-10-12(9)6-8(3)4/h7-9,12H,5-6,11H2,1-4H3. The van der Waals surface area contributed by atoms with E-state index in [0.29, 0.717) is 5.92 Å². The molecule has 0 radical (unpaired) electrons. The van der Waals surface area contributed by atoms with E-state index in [1.807, 2.05) is 0 Å². The minimum absolute atomic E-state index is 0.415. The van der Waals surface area contributed by atoms with Gasteiger partial charge in [0.05, 0.1) is 0 Å². The number of hydrogen-bond donors (Lipinski definition) is 1. The van der Waals surface area contributed by atoms with E-state index in [1.54, 1.807) is 0 Å². The second-order valence-electron chi connectivity index (χ2n) is 4.14. The van der Waals surface area contributed by atoms with E-state index in [9.17, 15) is 4.80 Å². The van der Waals surface area contributed by atoms with Crippen LogP contribution in [0.4, 0.5) is 0 Å². The van der Waals surface area contributed by atoms with E-state index in [2.05, 4.69) is 27.7 Å². The van der Waals surface area contributed by atoms with Crippen molar-refractivity contribution in [1.82, 2.24) is 0 Å². The zero-order valence-corrected chi connectivity index (χ0v) is 11.3. The Morgan fingerprint density at radius 3 is 2.25 bits per heavy atom. The van der Waals surface area contributed by atoms with Crippen LogP contribution in [-0.4, -0.2) is 23.8 Å². The van der Waals surface area contributed by atoms with E-state index in [4.69, 9.17) is 4.12 Å². The molecule has 2 nitrogen and oxygen atoms in total. The molecule has 0 aliphatic heterocycles. The summed E-state index contributed by atoms with van der Waals surface area (Å²) in [5.41, 5.74) is 0. The zero-order valence-electron chi connectivity index (χ0n) is 8.71. The van der Waals surface area contributed by atoms with Crippen LogP contribution in [-0.2, 0) is 4.12 Å². The van der Waals surface area contributed by atoms with Crippen molar-refractivity contribution in [2.45, 2.75) is 39.8 Å². The van der Waals surface area contributed by atoms with Crippen molar-refractivity contribution in [3.8, 4) is 0 Å². The molecule has 0 spiro atoms. The van der Waals surface area contributed by atoms with Crippen LogP contribution in [0.2, 0.25) is 12.1 Å². The SMILES string of the molecule is CC(C)C[SiH2]O[SiH](O)CC(C)C. The second kappa shape index (κ2) is 6.83. The molecule has 0 aliphatic rings. The first-order valence-corrected chi connectivity index (χ1v) is 8.20. The Morgan fingerprint density at radius 2 is 1.83 bits per heavy atom. The van der Waals surface area contributed by atoms with Crippen LogP contribution in [0.1, 0.15) is 27.7 Å². The summed E-state index contributed by atoms with van der Waals surface area (Å²) >= 11 is 0. The Hall–Kier alpha value is 0.354. The van der Waals surface area contributed by atoms with Crippen molar-refractivity contribution in [2.75, 3.05) is 0 Å². The molecule has 1 atom stereocenters. The van der Waals surface area contributed by atoms with Gasteiger partial charge < -0.3 is 8.91 Å². The molecule has 0 fully saturated rings. The van der Waals surface area contributed by atoms with Gasteiger partial charge in [-0.2, -0.15) is 0 Å². The van der Waals surface area contributed by atoms with Crippen LogP contribution in [0.3, 0.4) is 0 Å². The Kier molecular flexibility index (Phi) is 7.03. The van der Waals surface area contributed by atoms with Crippen LogP contribution in [0.5, 0.6) is 0 Å². The Bertz CT molecular complexity index is 107. The van der Waals surface area contributed by atoms with E-state index >= 15 is 0 Å². The molecule has 0 aliphatic carbocycles. The van der Waals surface area contributed by atoms with E-state index in [-0.39, 0.29) is 0 Å². The highest BCUT2D eigenvalue weighted by molar-refractivity contribution is 6.52. The van der Waals surface area contributed by atoms with Crippen LogP contribution >= 0.6 is 0 Å². The van der Waals surface area contributed by atoms with Gasteiger partial charge in [0, 0.05) is 0 Å². The first-order chi connectivity index (χ1) is 5.52. The molecule has 1 unspecified atom stereocenters. The predicted octanol–water partition coefficient (Wildman–Crippen LogP) is 1.03. The highest BCUT2D eigenvalue weighted by Crippen LogP contribution is 2.05. The molecule has 0 aromatic heterocycles. The van der Waals surface area contributed by atoms with Gasteiger partial charge in [-0.1, -0.05) is 27.7 Å². The van der Waals surface area contributed by atoms with Gasteiger partial charge in [-0.3, -0.25) is 0 Å². The molecule has 0 bridgehead atoms. The summed E-state index contributed by atoms with van der Waals surface area (Å²) in [6.07, 6.45) is 0. The van der Waals surface area contributed by atoms with Crippen molar-refractivity contribution in [1.29, 1.82) is 0 Å². The van der Waals surface area contributed by atoms with Gasteiger partial charge in [0.15, 0.2) is 0 Å². The topological polar surface area (TPSA) is 29.5 Å². The Morgan fingerprint density at radius 1 is 1.25 bits per heavy atom. The zero-order chi connectivity index (χ0) is 9.56. The van der Waals surface area contributed by atoms with Crippen LogP contribution in [0.15, 0.2) is 0 Å².